The maximum absolute atomic E-state index is 11.7. The standard InChI is InChI=1S/C21H28N4O2/c1-3-20(26)22-10-14-15-11-25(13-21(15)9-8-18(14)27-21)12-19-23-16-6-4-5-7-17(16)24(19)2/h4-7,14-15,18H,3,8-13H2,1-2H3,(H,22,26)/t14-,15+,18+,21+/m0/s1. The van der Waals surface area contributed by atoms with Crippen molar-refractivity contribution in [1.29, 1.82) is 0 Å². The molecule has 3 fully saturated rings. The summed E-state index contributed by atoms with van der Waals surface area (Å²) in [6.45, 7) is 5.53. The van der Waals surface area contributed by atoms with Crippen molar-refractivity contribution in [1.82, 2.24) is 19.8 Å². The lowest BCUT2D eigenvalue weighted by Crippen LogP contribution is -2.41. The van der Waals surface area contributed by atoms with Gasteiger partial charge in [-0.25, -0.2) is 4.98 Å². The molecule has 3 saturated heterocycles. The molecule has 4 atom stereocenters. The van der Waals surface area contributed by atoms with Gasteiger partial charge in [0.05, 0.1) is 29.3 Å². The summed E-state index contributed by atoms with van der Waals surface area (Å²) in [5, 5.41) is 3.11. The molecular formula is C21H28N4O2. The second-order valence-electron chi connectivity index (χ2n) is 8.43. The summed E-state index contributed by atoms with van der Waals surface area (Å²) in [6, 6.07) is 8.31. The summed E-state index contributed by atoms with van der Waals surface area (Å²) in [4.78, 5) is 19.1. The second-order valence-corrected chi connectivity index (χ2v) is 8.43. The van der Waals surface area contributed by atoms with Crippen molar-refractivity contribution in [2.45, 2.75) is 44.4 Å². The number of rotatable bonds is 5. The molecule has 5 rings (SSSR count). The van der Waals surface area contributed by atoms with Gasteiger partial charge in [-0.05, 0) is 25.0 Å². The van der Waals surface area contributed by atoms with Crippen molar-refractivity contribution < 1.29 is 9.53 Å². The zero-order valence-electron chi connectivity index (χ0n) is 16.1. The largest absolute Gasteiger partial charge is 0.370 e. The van der Waals surface area contributed by atoms with Crippen LogP contribution in [-0.4, -0.2) is 51.7 Å². The Balaban J connectivity index is 1.32. The van der Waals surface area contributed by atoms with Crippen molar-refractivity contribution >= 4 is 16.9 Å². The molecule has 1 aromatic heterocycles. The van der Waals surface area contributed by atoms with E-state index in [0.29, 0.717) is 24.4 Å². The van der Waals surface area contributed by atoms with Crippen LogP contribution in [0.5, 0.6) is 0 Å². The Morgan fingerprint density at radius 1 is 1.41 bits per heavy atom. The number of fused-ring (bicyclic) bond motifs is 2. The molecule has 2 aromatic rings. The molecule has 0 radical (unpaired) electrons. The van der Waals surface area contributed by atoms with Crippen LogP contribution < -0.4 is 5.32 Å². The number of imidazole rings is 1. The number of aryl methyl sites for hydroxylation is 1. The van der Waals surface area contributed by atoms with E-state index in [0.717, 1.165) is 50.4 Å². The van der Waals surface area contributed by atoms with Crippen molar-refractivity contribution in [3.05, 3.63) is 30.1 Å². The van der Waals surface area contributed by atoms with E-state index < -0.39 is 0 Å². The summed E-state index contributed by atoms with van der Waals surface area (Å²) in [6.07, 6.45) is 3.15. The van der Waals surface area contributed by atoms with E-state index in [9.17, 15) is 4.79 Å². The van der Waals surface area contributed by atoms with Gasteiger partial charge >= 0.3 is 0 Å². The summed E-state index contributed by atoms with van der Waals surface area (Å²) in [5.74, 6) is 2.21. The van der Waals surface area contributed by atoms with Crippen molar-refractivity contribution in [3.63, 3.8) is 0 Å². The van der Waals surface area contributed by atoms with E-state index in [1.54, 1.807) is 0 Å². The lowest BCUT2D eigenvalue weighted by molar-refractivity contribution is -0.121. The van der Waals surface area contributed by atoms with Crippen molar-refractivity contribution in [2.75, 3.05) is 19.6 Å². The number of amides is 1. The SMILES string of the molecule is CCC(=O)NC[C@H]1[C@H]2CN(Cc3nc4ccccc4n3C)C[C@]23CC[C@H]1O3. The van der Waals surface area contributed by atoms with E-state index in [4.69, 9.17) is 9.72 Å². The molecule has 1 N–H and O–H groups in total. The smallest absolute Gasteiger partial charge is 0.219 e. The Hall–Kier alpha value is -1.92. The topological polar surface area (TPSA) is 59.4 Å². The molecule has 1 spiro atoms. The first kappa shape index (κ1) is 17.2. The van der Waals surface area contributed by atoms with E-state index in [2.05, 4.69) is 40.0 Å². The van der Waals surface area contributed by atoms with Crippen molar-refractivity contribution in [2.24, 2.45) is 18.9 Å². The third-order valence-electron chi connectivity index (χ3n) is 6.96. The van der Waals surface area contributed by atoms with Gasteiger partial charge in [0, 0.05) is 44.9 Å². The highest BCUT2D eigenvalue weighted by atomic mass is 16.5. The van der Waals surface area contributed by atoms with Gasteiger partial charge in [0.1, 0.15) is 5.82 Å². The van der Waals surface area contributed by atoms with E-state index in [-0.39, 0.29) is 11.5 Å². The number of carbonyl (C=O) groups is 1. The van der Waals surface area contributed by atoms with Gasteiger partial charge in [-0.1, -0.05) is 19.1 Å². The van der Waals surface area contributed by atoms with Crippen LogP contribution in [0.3, 0.4) is 0 Å². The quantitative estimate of drug-likeness (QED) is 0.878. The van der Waals surface area contributed by atoms with Gasteiger partial charge in [0.25, 0.3) is 0 Å². The van der Waals surface area contributed by atoms with Crippen molar-refractivity contribution in [3.8, 4) is 0 Å². The third kappa shape index (κ3) is 2.69. The van der Waals surface area contributed by atoms with E-state index in [1.807, 2.05) is 13.0 Å². The average Bonchev–Trinajstić information content (AvgIpc) is 3.39. The highest BCUT2D eigenvalue weighted by Gasteiger charge is 2.62. The second kappa shape index (κ2) is 6.31. The molecule has 0 unspecified atom stereocenters. The molecule has 27 heavy (non-hydrogen) atoms. The first-order valence-corrected chi connectivity index (χ1v) is 10.2. The van der Waals surface area contributed by atoms with Crippen LogP contribution in [0.1, 0.15) is 32.0 Å². The number of aromatic nitrogens is 2. The Kier molecular flexibility index (Phi) is 4.02. The molecule has 144 valence electrons. The monoisotopic (exact) mass is 368 g/mol. The number of hydrogen-bond donors (Lipinski definition) is 1. The molecule has 4 heterocycles. The summed E-state index contributed by atoms with van der Waals surface area (Å²) in [5.41, 5.74) is 2.24. The van der Waals surface area contributed by atoms with Gasteiger partial charge in [-0.15, -0.1) is 0 Å². The number of carbonyl (C=O) groups excluding carboxylic acids is 1. The molecule has 1 amide bonds. The van der Waals surface area contributed by atoms with Crippen LogP contribution in [0.15, 0.2) is 24.3 Å². The molecule has 3 aliphatic heterocycles. The Morgan fingerprint density at radius 2 is 2.26 bits per heavy atom. The lowest BCUT2D eigenvalue weighted by atomic mass is 9.73. The van der Waals surface area contributed by atoms with Gasteiger partial charge < -0.3 is 14.6 Å². The number of para-hydroxylation sites is 2. The molecule has 0 aliphatic carbocycles. The molecule has 1 aromatic carbocycles. The molecule has 6 nitrogen and oxygen atoms in total. The molecule has 6 heteroatoms. The summed E-state index contributed by atoms with van der Waals surface area (Å²) in [7, 11) is 2.10. The first-order chi connectivity index (χ1) is 13.1. The Morgan fingerprint density at radius 3 is 3.07 bits per heavy atom. The van der Waals surface area contributed by atoms with Crippen LogP contribution in [0, 0.1) is 11.8 Å². The van der Waals surface area contributed by atoms with Crippen LogP contribution in [0.25, 0.3) is 11.0 Å². The minimum absolute atomic E-state index is 0.00311. The normalized spacial score (nSPS) is 32.3. The Labute approximate surface area is 159 Å². The molecule has 2 bridgehead atoms. The van der Waals surface area contributed by atoms with E-state index in [1.165, 1.54) is 5.52 Å². The fourth-order valence-electron chi connectivity index (χ4n) is 5.57. The number of likely N-dealkylation sites (tertiary alicyclic amines) is 1. The predicted molar refractivity (Wildman–Crippen MR) is 103 cm³/mol. The number of ether oxygens (including phenoxy) is 1. The van der Waals surface area contributed by atoms with Gasteiger partial charge in [-0.3, -0.25) is 9.69 Å². The average molecular weight is 368 g/mol. The third-order valence-corrected chi connectivity index (χ3v) is 6.96. The fraction of sp³-hybridized carbons (Fsp3) is 0.619. The van der Waals surface area contributed by atoms with Crippen LogP contribution >= 0.6 is 0 Å². The van der Waals surface area contributed by atoms with Gasteiger partial charge in [0.15, 0.2) is 0 Å². The molecule has 3 aliphatic rings. The number of benzene rings is 1. The maximum Gasteiger partial charge on any atom is 0.219 e. The predicted octanol–water partition coefficient (Wildman–Crippen LogP) is 2.08. The highest BCUT2D eigenvalue weighted by molar-refractivity contribution is 5.76. The number of hydrogen-bond acceptors (Lipinski definition) is 4. The zero-order chi connectivity index (χ0) is 18.6. The van der Waals surface area contributed by atoms with Crippen LogP contribution in [-0.2, 0) is 23.1 Å². The summed E-state index contributed by atoms with van der Waals surface area (Å²) < 4.78 is 8.71. The highest BCUT2D eigenvalue weighted by Crippen LogP contribution is 2.54. The lowest BCUT2D eigenvalue weighted by Gasteiger charge is -2.29. The minimum Gasteiger partial charge on any atom is -0.370 e. The van der Waals surface area contributed by atoms with Crippen LogP contribution in [0.2, 0.25) is 0 Å². The minimum atomic E-state index is -0.00311. The zero-order valence-corrected chi connectivity index (χ0v) is 16.1. The van der Waals surface area contributed by atoms with E-state index >= 15 is 0 Å². The van der Waals surface area contributed by atoms with Crippen LogP contribution in [0.4, 0.5) is 0 Å². The molecular weight excluding hydrogens is 340 g/mol. The number of nitrogens with zero attached hydrogens (tertiary/aromatic N) is 3. The fourth-order valence-corrected chi connectivity index (χ4v) is 5.57. The molecule has 0 saturated carbocycles. The number of nitrogens with one attached hydrogen (secondary N) is 1. The van der Waals surface area contributed by atoms with Gasteiger partial charge in [0.2, 0.25) is 5.91 Å². The maximum atomic E-state index is 11.7. The Bertz CT molecular complexity index is 878. The first-order valence-electron chi connectivity index (χ1n) is 10.2. The summed E-state index contributed by atoms with van der Waals surface area (Å²) >= 11 is 0. The van der Waals surface area contributed by atoms with Gasteiger partial charge in [-0.2, -0.15) is 0 Å².